The largest absolute Gasteiger partial charge is 0.326 e. The maximum atomic E-state index is 13.9. The number of rotatable bonds is 6. The molecule has 3 aromatic carbocycles. The number of hydrogen-bond donors (Lipinski definition) is 1. The van der Waals surface area contributed by atoms with E-state index in [9.17, 15) is 14.4 Å². The van der Waals surface area contributed by atoms with E-state index in [4.69, 9.17) is 4.99 Å². The van der Waals surface area contributed by atoms with Gasteiger partial charge in [-0.1, -0.05) is 80.1 Å². The first kappa shape index (κ1) is 28.0. The molecule has 3 unspecified atom stereocenters. The highest BCUT2D eigenvalue weighted by atomic mass is 32.2. The standard InChI is InChI=1S/C33H35N5O3S/c1-21-11-7-10-16-27(21)37-31(40)28(20-29(39)34-25-18-17-23-12-8-9-13-24(23)19-25)42-33(37)35-30-22(2)36(3)38(32(30)41)26-14-5-4-6-15-26/h4-6,8-9,12-15,17-19,21,27-28H,7,10-11,16,20H2,1-3H3,(H,34,39). The molecule has 0 bridgehead atoms. The Morgan fingerprint density at radius 1 is 0.976 bits per heavy atom. The van der Waals surface area contributed by atoms with Crippen molar-refractivity contribution in [3.8, 4) is 5.69 Å². The lowest BCUT2D eigenvalue weighted by atomic mass is 9.85. The quantitative estimate of drug-likeness (QED) is 0.295. The third-order valence-corrected chi connectivity index (χ3v) is 9.65. The number of hydrogen-bond acceptors (Lipinski definition) is 5. The number of nitrogens with zero attached hydrogens (tertiary/aromatic N) is 4. The molecule has 0 spiro atoms. The van der Waals surface area contributed by atoms with Gasteiger partial charge < -0.3 is 5.32 Å². The third kappa shape index (κ3) is 5.29. The first-order chi connectivity index (χ1) is 20.3. The van der Waals surface area contributed by atoms with Gasteiger partial charge in [-0.3, -0.25) is 24.0 Å². The molecule has 1 aliphatic carbocycles. The number of aromatic nitrogens is 2. The molecule has 4 aromatic rings. The van der Waals surface area contributed by atoms with Gasteiger partial charge in [0.05, 0.1) is 11.4 Å². The number of benzene rings is 3. The Balaban J connectivity index is 1.30. The fourth-order valence-corrected chi connectivity index (χ4v) is 7.29. The zero-order valence-corrected chi connectivity index (χ0v) is 24.9. The van der Waals surface area contributed by atoms with Gasteiger partial charge in [0, 0.05) is 25.2 Å². The summed E-state index contributed by atoms with van der Waals surface area (Å²) >= 11 is 1.30. The Bertz CT molecular complexity index is 1740. The molecule has 2 aliphatic rings. The van der Waals surface area contributed by atoms with Gasteiger partial charge in [-0.05, 0) is 60.7 Å². The average molecular weight is 582 g/mol. The van der Waals surface area contributed by atoms with E-state index in [0.29, 0.717) is 28.2 Å². The van der Waals surface area contributed by atoms with Gasteiger partial charge in [0.1, 0.15) is 5.25 Å². The Hall–Kier alpha value is -4.11. The van der Waals surface area contributed by atoms with Crippen molar-refractivity contribution in [2.24, 2.45) is 18.0 Å². The Morgan fingerprint density at radius 2 is 1.69 bits per heavy atom. The predicted molar refractivity (Wildman–Crippen MR) is 170 cm³/mol. The fourth-order valence-electron chi connectivity index (χ4n) is 6.10. The highest BCUT2D eigenvalue weighted by Crippen LogP contribution is 2.39. The van der Waals surface area contributed by atoms with Crippen LogP contribution in [0.1, 0.15) is 44.7 Å². The van der Waals surface area contributed by atoms with Crippen molar-refractivity contribution in [3.63, 3.8) is 0 Å². The second-order valence-electron chi connectivity index (χ2n) is 11.3. The van der Waals surface area contributed by atoms with Crippen LogP contribution in [0.25, 0.3) is 16.5 Å². The number of fused-ring (bicyclic) bond motifs is 1. The van der Waals surface area contributed by atoms with Crippen molar-refractivity contribution < 1.29 is 9.59 Å². The zero-order chi connectivity index (χ0) is 29.4. The van der Waals surface area contributed by atoms with Crippen LogP contribution >= 0.6 is 11.8 Å². The first-order valence-corrected chi connectivity index (χ1v) is 15.4. The van der Waals surface area contributed by atoms with Gasteiger partial charge in [0.2, 0.25) is 11.8 Å². The average Bonchev–Trinajstić information content (AvgIpc) is 3.40. The number of nitrogens with one attached hydrogen (secondary N) is 1. The normalized spacial score (nSPS) is 21.8. The lowest BCUT2D eigenvalue weighted by Gasteiger charge is -2.35. The minimum Gasteiger partial charge on any atom is -0.326 e. The maximum Gasteiger partial charge on any atom is 0.297 e. The Kier molecular flexibility index (Phi) is 7.77. The molecule has 42 heavy (non-hydrogen) atoms. The number of thioether (sulfide) groups is 1. The third-order valence-electron chi connectivity index (χ3n) is 8.50. The summed E-state index contributed by atoms with van der Waals surface area (Å²) in [4.78, 5) is 47.4. The van der Waals surface area contributed by atoms with Crippen LogP contribution in [0.3, 0.4) is 0 Å². The molecule has 2 heterocycles. The van der Waals surface area contributed by atoms with Crippen molar-refractivity contribution in [1.82, 2.24) is 14.3 Å². The molecule has 2 amide bonds. The molecule has 1 aliphatic heterocycles. The van der Waals surface area contributed by atoms with Gasteiger partial charge >= 0.3 is 0 Å². The van der Waals surface area contributed by atoms with E-state index >= 15 is 0 Å². The number of carbonyl (C=O) groups excluding carboxylic acids is 2. The number of para-hydroxylation sites is 1. The molecule has 0 radical (unpaired) electrons. The molecule has 6 rings (SSSR count). The summed E-state index contributed by atoms with van der Waals surface area (Å²) in [5, 5.41) is 5.00. The molecular weight excluding hydrogens is 546 g/mol. The summed E-state index contributed by atoms with van der Waals surface area (Å²) in [5.41, 5.74) is 2.22. The molecule has 1 N–H and O–H groups in total. The second-order valence-corrected chi connectivity index (χ2v) is 12.4. The van der Waals surface area contributed by atoms with E-state index in [-0.39, 0.29) is 29.8 Å². The molecule has 2 fully saturated rings. The van der Waals surface area contributed by atoms with Gasteiger partial charge in [-0.2, -0.15) is 0 Å². The van der Waals surface area contributed by atoms with Crippen LogP contribution in [0.5, 0.6) is 0 Å². The van der Waals surface area contributed by atoms with E-state index in [1.807, 2.05) is 86.8 Å². The molecule has 8 nitrogen and oxygen atoms in total. The van der Waals surface area contributed by atoms with Crippen LogP contribution < -0.4 is 10.9 Å². The summed E-state index contributed by atoms with van der Waals surface area (Å²) in [5.74, 6) is -0.0315. The van der Waals surface area contributed by atoms with Crippen LogP contribution in [0.4, 0.5) is 11.4 Å². The molecule has 1 aromatic heterocycles. The van der Waals surface area contributed by atoms with E-state index in [1.54, 1.807) is 14.3 Å². The van der Waals surface area contributed by atoms with Crippen molar-refractivity contribution >= 4 is 50.9 Å². The van der Waals surface area contributed by atoms with E-state index < -0.39 is 5.25 Å². The van der Waals surface area contributed by atoms with Crippen molar-refractivity contribution in [3.05, 3.63) is 88.8 Å². The smallest absolute Gasteiger partial charge is 0.297 e. The number of amides is 2. The topological polar surface area (TPSA) is 88.7 Å². The summed E-state index contributed by atoms with van der Waals surface area (Å²) in [6.07, 6.45) is 4.11. The van der Waals surface area contributed by atoms with Crippen molar-refractivity contribution in [2.75, 3.05) is 5.32 Å². The van der Waals surface area contributed by atoms with Crippen LogP contribution in [-0.4, -0.2) is 42.5 Å². The second kappa shape index (κ2) is 11.6. The number of carbonyl (C=O) groups is 2. The van der Waals surface area contributed by atoms with Crippen molar-refractivity contribution in [1.29, 1.82) is 0 Å². The zero-order valence-electron chi connectivity index (χ0n) is 24.1. The lowest BCUT2D eigenvalue weighted by Crippen LogP contribution is -2.46. The van der Waals surface area contributed by atoms with Crippen molar-refractivity contribution in [2.45, 2.75) is 57.2 Å². The van der Waals surface area contributed by atoms with E-state index in [0.717, 1.165) is 42.1 Å². The Labute approximate surface area is 249 Å². The summed E-state index contributed by atoms with van der Waals surface area (Å²) in [7, 11) is 1.83. The lowest BCUT2D eigenvalue weighted by molar-refractivity contribution is -0.130. The molecule has 216 valence electrons. The molecule has 1 saturated heterocycles. The maximum absolute atomic E-state index is 13.9. The van der Waals surface area contributed by atoms with Crippen LogP contribution in [0, 0.1) is 12.8 Å². The fraction of sp³-hybridized carbons (Fsp3) is 0.333. The summed E-state index contributed by atoms with van der Waals surface area (Å²) < 4.78 is 3.39. The molecule has 3 atom stereocenters. The number of amidine groups is 1. The number of aliphatic imine (C=N–C) groups is 1. The van der Waals surface area contributed by atoms with E-state index in [1.165, 1.54) is 11.8 Å². The van der Waals surface area contributed by atoms with Gasteiger partial charge in [0.15, 0.2) is 10.9 Å². The summed E-state index contributed by atoms with van der Waals surface area (Å²) in [6, 6.07) is 23.2. The molecule has 1 saturated carbocycles. The van der Waals surface area contributed by atoms with Gasteiger partial charge in [-0.25, -0.2) is 9.67 Å². The van der Waals surface area contributed by atoms with E-state index in [2.05, 4.69) is 12.2 Å². The van der Waals surface area contributed by atoms with Crippen LogP contribution in [0.2, 0.25) is 0 Å². The van der Waals surface area contributed by atoms with Gasteiger partial charge in [0.25, 0.3) is 5.56 Å². The van der Waals surface area contributed by atoms with Crippen LogP contribution in [-0.2, 0) is 16.6 Å². The summed E-state index contributed by atoms with van der Waals surface area (Å²) in [6.45, 7) is 4.04. The SMILES string of the molecule is Cc1c(N=C2SC(CC(=O)Nc3ccc4ccccc4c3)C(=O)N2C2CCCCC2C)c(=O)n(-c2ccccc2)n1C. The highest BCUT2D eigenvalue weighted by molar-refractivity contribution is 8.15. The minimum absolute atomic E-state index is 0.00795. The predicted octanol–water partition coefficient (Wildman–Crippen LogP) is 6.18. The molecular formula is C33H35N5O3S. The number of anilines is 1. The minimum atomic E-state index is -0.612. The van der Waals surface area contributed by atoms with Crippen LogP contribution in [0.15, 0.2) is 82.6 Å². The first-order valence-electron chi connectivity index (χ1n) is 14.5. The Morgan fingerprint density at radius 3 is 2.45 bits per heavy atom. The highest BCUT2D eigenvalue weighted by Gasteiger charge is 2.45. The molecule has 9 heteroatoms. The van der Waals surface area contributed by atoms with Gasteiger partial charge in [-0.15, -0.1) is 0 Å². The monoisotopic (exact) mass is 581 g/mol.